The van der Waals surface area contributed by atoms with Gasteiger partial charge in [-0.25, -0.2) is 4.98 Å². The normalized spacial score (nSPS) is 15.8. The zero-order valence-electron chi connectivity index (χ0n) is 20.6. The van der Waals surface area contributed by atoms with Gasteiger partial charge in [-0.05, 0) is 49.1 Å². The second-order valence-corrected chi connectivity index (χ2v) is 8.89. The van der Waals surface area contributed by atoms with Crippen molar-refractivity contribution in [3.8, 4) is 5.75 Å². The predicted molar refractivity (Wildman–Crippen MR) is 130 cm³/mol. The summed E-state index contributed by atoms with van der Waals surface area (Å²) < 4.78 is 56.3. The second-order valence-electron chi connectivity index (χ2n) is 8.89. The third kappa shape index (κ3) is 7.80. The minimum Gasteiger partial charge on any atom is -0.494 e. The smallest absolute Gasteiger partial charge is 0.416 e. The van der Waals surface area contributed by atoms with E-state index in [1.807, 2.05) is 36.1 Å². The molecular formula is C27H30F3N3O4. The Bertz CT molecular complexity index is 1160. The van der Waals surface area contributed by atoms with Crippen molar-refractivity contribution in [3.05, 3.63) is 83.1 Å². The monoisotopic (exact) mass is 517 g/mol. The maximum Gasteiger partial charge on any atom is 0.416 e. The number of hydrogen-bond donors (Lipinski definition) is 1. The Morgan fingerprint density at radius 3 is 2.62 bits per heavy atom. The fourth-order valence-corrected chi connectivity index (χ4v) is 4.17. The average Bonchev–Trinajstić information content (AvgIpc) is 3.56. The van der Waals surface area contributed by atoms with Crippen LogP contribution >= 0.6 is 0 Å². The summed E-state index contributed by atoms with van der Waals surface area (Å²) in [5.74, 6) is 0.670. The van der Waals surface area contributed by atoms with Gasteiger partial charge in [-0.3, -0.25) is 9.69 Å². The van der Waals surface area contributed by atoms with E-state index in [0.29, 0.717) is 37.8 Å². The van der Waals surface area contributed by atoms with E-state index in [-0.39, 0.29) is 30.8 Å². The van der Waals surface area contributed by atoms with E-state index < -0.39 is 11.7 Å². The van der Waals surface area contributed by atoms with E-state index in [1.165, 1.54) is 12.3 Å². The highest BCUT2D eigenvalue weighted by molar-refractivity contribution is 5.91. The van der Waals surface area contributed by atoms with E-state index >= 15 is 0 Å². The van der Waals surface area contributed by atoms with Crippen LogP contribution in [-0.2, 0) is 30.5 Å². The summed E-state index contributed by atoms with van der Waals surface area (Å²) in [5.41, 5.74) is 0.888. The van der Waals surface area contributed by atoms with Crippen molar-refractivity contribution in [2.24, 2.45) is 0 Å². The minimum absolute atomic E-state index is 0.00684. The van der Waals surface area contributed by atoms with Gasteiger partial charge in [0.05, 0.1) is 24.8 Å². The highest BCUT2D eigenvalue weighted by Crippen LogP contribution is 2.30. The molecule has 0 bridgehead atoms. The highest BCUT2D eigenvalue weighted by Gasteiger charge is 2.30. The number of halogens is 3. The maximum absolute atomic E-state index is 13.2. The molecule has 1 saturated heterocycles. The number of benzene rings is 2. The Balaban J connectivity index is 1.46. The first-order valence-corrected chi connectivity index (χ1v) is 12.2. The second kappa shape index (κ2) is 12.2. The van der Waals surface area contributed by atoms with Gasteiger partial charge in [0.1, 0.15) is 12.0 Å². The van der Waals surface area contributed by atoms with Gasteiger partial charge < -0.3 is 19.2 Å². The van der Waals surface area contributed by atoms with Crippen LogP contribution in [0.25, 0.3) is 0 Å². The Labute approximate surface area is 213 Å². The number of aromatic nitrogens is 1. The molecule has 198 valence electrons. The Kier molecular flexibility index (Phi) is 8.83. The van der Waals surface area contributed by atoms with E-state index in [0.717, 1.165) is 36.3 Å². The zero-order chi connectivity index (χ0) is 26.3. The molecule has 1 atom stereocenters. The first kappa shape index (κ1) is 26.7. The summed E-state index contributed by atoms with van der Waals surface area (Å²) in [6.45, 7) is 4.39. The first-order valence-electron chi connectivity index (χ1n) is 12.2. The number of carbonyl (C=O) groups excluding carboxylic acids is 1. The van der Waals surface area contributed by atoms with Gasteiger partial charge >= 0.3 is 6.18 Å². The molecule has 1 fully saturated rings. The van der Waals surface area contributed by atoms with Crippen LogP contribution < -0.4 is 10.1 Å². The molecule has 0 aliphatic carbocycles. The average molecular weight is 518 g/mol. The molecular weight excluding hydrogens is 487 g/mol. The Morgan fingerprint density at radius 1 is 1.14 bits per heavy atom. The van der Waals surface area contributed by atoms with Crippen molar-refractivity contribution in [1.29, 1.82) is 0 Å². The third-order valence-electron chi connectivity index (χ3n) is 5.96. The number of amides is 1. The molecule has 1 aliphatic rings. The fourth-order valence-electron chi connectivity index (χ4n) is 4.17. The molecule has 10 heteroatoms. The van der Waals surface area contributed by atoms with Crippen LogP contribution in [0.15, 0.2) is 59.2 Å². The van der Waals surface area contributed by atoms with Gasteiger partial charge in [0.15, 0.2) is 5.69 Å². The molecule has 37 heavy (non-hydrogen) atoms. The lowest BCUT2D eigenvalue weighted by Crippen LogP contribution is -2.32. The van der Waals surface area contributed by atoms with Crippen LogP contribution in [0.3, 0.4) is 0 Å². The molecule has 1 amide bonds. The quantitative estimate of drug-likeness (QED) is 0.377. The molecule has 2 heterocycles. The summed E-state index contributed by atoms with van der Waals surface area (Å²) in [7, 11) is 0. The molecule has 7 nitrogen and oxygen atoms in total. The lowest BCUT2D eigenvalue weighted by atomic mass is 10.1. The number of oxazole rings is 1. The Morgan fingerprint density at radius 2 is 1.92 bits per heavy atom. The molecule has 3 aromatic rings. The predicted octanol–water partition coefficient (Wildman–Crippen LogP) is 5.20. The SMILES string of the molecule is CCOc1ccc(CN(Cc2cccc(C(F)(F)F)c2)Cc2nc(C(=O)NCC3CCCO3)co2)cc1. The third-order valence-corrected chi connectivity index (χ3v) is 5.96. The van der Waals surface area contributed by atoms with Crippen molar-refractivity contribution in [3.63, 3.8) is 0 Å². The van der Waals surface area contributed by atoms with Gasteiger partial charge in [-0.15, -0.1) is 0 Å². The van der Waals surface area contributed by atoms with Crippen LogP contribution in [0.5, 0.6) is 5.75 Å². The molecule has 1 N–H and O–H groups in total. The molecule has 2 aromatic carbocycles. The standard InChI is InChI=1S/C27H30F3N3O4/c1-2-35-22-10-8-19(9-11-22)15-33(16-20-5-3-6-21(13-20)27(28,29)30)17-25-32-24(18-37-25)26(34)31-14-23-7-4-12-36-23/h3,5-6,8-11,13,18,23H,2,4,7,12,14-17H2,1H3,(H,31,34). The van der Waals surface area contributed by atoms with Gasteiger partial charge in [-0.2, -0.15) is 13.2 Å². The number of nitrogens with zero attached hydrogens (tertiary/aromatic N) is 2. The summed E-state index contributed by atoms with van der Waals surface area (Å²) in [5, 5.41) is 2.80. The van der Waals surface area contributed by atoms with Gasteiger partial charge in [-0.1, -0.05) is 30.3 Å². The molecule has 0 spiro atoms. The van der Waals surface area contributed by atoms with E-state index in [4.69, 9.17) is 13.9 Å². The molecule has 1 aliphatic heterocycles. The maximum atomic E-state index is 13.2. The van der Waals surface area contributed by atoms with Crippen molar-refractivity contribution in [2.45, 2.75) is 51.7 Å². The van der Waals surface area contributed by atoms with Gasteiger partial charge in [0, 0.05) is 26.2 Å². The largest absolute Gasteiger partial charge is 0.494 e. The fraction of sp³-hybridized carbons (Fsp3) is 0.407. The van der Waals surface area contributed by atoms with Crippen molar-refractivity contribution < 1.29 is 31.9 Å². The number of nitrogens with one attached hydrogen (secondary N) is 1. The van der Waals surface area contributed by atoms with E-state index in [9.17, 15) is 18.0 Å². The number of carbonyl (C=O) groups is 1. The number of alkyl halides is 3. The lowest BCUT2D eigenvalue weighted by Gasteiger charge is -2.22. The summed E-state index contributed by atoms with van der Waals surface area (Å²) >= 11 is 0. The van der Waals surface area contributed by atoms with Crippen LogP contribution in [0, 0.1) is 0 Å². The summed E-state index contributed by atoms with van der Waals surface area (Å²) in [4.78, 5) is 18.7. The molecule has 0 radical (unpaired) electrons. The van der Waals surface area contributed by atoms with Crippen LogP contribution in [0.2, 0.25) is 0 Å². The van der Waals surface area contributed by atoms with Gasteiger partial charge in [0.2, 0.25) is 5.89 Å². The topological polar surface area (TPSA) is 76.8 Å². The Hall–Kier alpha value is -3.37. The van der Waals surface area contributed by atoms with Crippen molar-refractivity contribution in [2.75, 3.05) is 19.8 Å². The lowest BCUT2D eigenvalue weighted by molar-refractivity contribution is -0.137. The molecule has 4 rings (SSSR count). The van der Waals surface area contributed by atoms with Crippen LogP contribution in [-0.4, -0.2) is 41.7 Å². The minimum atomic E-state index is -4.43. The van der Waals surface area contributed by atoms with Crippen LogP contribution in [0.1, 0.15) is 52.8 Å². The highest BCUT2D eigenvalue weighted by atomic mass is 19.4. The number of hydrogen-bond acceptors (Lipinski definition) is 6. The number of ether oxygens (including phenoxy) is 2. The molecule has 1 unspecified atom stereocenters. The van der Waals surface area contributed by atoms with Gasteiger partial charge in [0.25, 0.3) is 5.91 Å². The zero-order valence-corrected chi connectivity index (χ0v) is 20.6. The van der Waals surface area contributed by atoms with E-state index in [1.54, 1.807) is 6.07 Å². The van der Waals surface area contributed by atoms with Crippen molar-refractivity contribution >= 4 is 5.91 Å². The molecule has 0 saturated carbocycles. The summed E-state index contributed by atoms with van der Waals surface area (Å²) in [6, 6.07) is 12.8. The van der Waals surface area contributed by atoms with Crippen molar-refractivity contribution in [1.82, 2.24) is 15.2 Å². The first-order chi connectivity index (χ1) is 17.8. The van der Waals surface area contributed by atoms with Crippen LogP contribution in [0.4, 0.5) is 13.2 Å². The summed E-state index contributed by atoms with van der Waals surface area (Å²) in [6.07, 6.45) is -1.25. The van der Waals surface area contributed by atoms with E-state index in [2.05, 4.69) is 10.3 Å². The molecule has 1 aromatic heterocycles. The number of rotatable bonds is 11.